The fraction of sp³-hybridized carbons (Fsp3) is 0.400. The van der Waals surface area contributed by atoms with Crippen LogP contribution < -0.4 is 5.73 Å². The van der Waals surface area contributed by atoms with Gasteiger partial charge in [-0.25, -0.2) is 0 Å². The SMILES string of the molecule is CC(N)c1cccc(SC(C)(F)F)c1. The molecule has 1 aromatic rings. The Bertz CT molecular complexity index is 307. The van der Waals surface area contributed by atoms with E-state index in [9.17, 15) is 8.78 Å². The fourth-order valence-electron chi connectivity index (χ4n) is 1.07. The van der Waals surface area contributed by atoms with E-state index in [2.05, 4.69) is 0 Å². The van der Waals surface area contributed by atoms with Crippen LogP contribution in [0.2, 0.25) is 0 Å². The molecule has 2 N–H and O–H groups in total. The summed E-state index contributed by atoms with van der Waals surface area (Å²) < 4.78 is 25.3. The van der Waals surface area contributed by atoms with Crippen molar-refractivity contribution in [3.63, 3.8) is 0 Å². The highest BCUT2D eigenvalue weighted by molar-refractivity contribution is 8.00. The lowest BCUT2D eigenvalue weighted by molar-refractivity contribution is 0.129. The molecule has 14 heavy (non-hydrogen) atoms. The lowest BCUT2D eigenvalue weighted by Crippen LogP contribution is -2.06. The minimum Gasteiger partial charge on any atom is -0.324 e. The molecule has 1 unspecified atom stereocenters. The van der Waals surface area contributed by atoms with Gasteiger partial charge < -0.3 is 5.73 Å². The van der Waals surface area contributed by atoms with Gasteiger partial charge in [0.1, 0.15) is 0 Å². The van der Waals surface area contributed by atoms with Gasteiger partial charge in [0, 0.05) is 17.9 Å². The number of alkyl halides is 2. The Morgan fingerprint density at radius 1 is 1.43 bits per heavy atom. The van der Waals surface area contributed by atoms with Gasteiger partial charge in [0.05, 0.1) is 0 Å². The normalized spacial score (nSPS) is 14.1. The van der Waals surface area contributed by atoms with Gasteiger partial charge in [-0.1, -0.05) is 23.9 Å². The predicted molar refractivity (Wildman–Crippen MR) is 55.5 cm³/mol. The summed E-state index contributed by atoms with van der Waals surface area (Å²) in [4.78, 5) is 0.548. The van der Waals surface area contributed by atoms with Crippen molar-refractivity contribution in [3.05, 3.63) is 29.8 Å². The van der Waals surface area contributed by atoms with Crippen LogP contribution in [0.25, 0.3) is 0 Å². The number of thioether (sulfide) groups is 1. The number of hydrogen-bond acceptors (Lipinski definition) is 2. The van der Waals surface area contributed by atoms with E-state index in [0.717, 1.165) is 12.5 Å². The van der Waals surface area contributed by atoms with Crippen LogP contribution in [-0.4, -0.2) is 5.25 Å². The fourth-order valence-corrected chi connectivity index (χ4v) is 1.82. The lowest BCUT2D eigenvalue weighted by Gasteiger charge is -2.11. The summed E-state index contributed by atoms with van der Waals surface area (Å²) in [5.41, 5.74) is 6.52. The molecule has 0 radical (unpaired) electrons. The summed E-state index contributed by atoms with van der Waals surface area (Å²) in [5.74, 6) is 0. The molecule has 0 aliphatic rings. The summed E-state index contributed by atoms with van der Waals surface area (Å²) >= 11 is 0.543. The van der Waals surface area contributed by atoms with Crippen molar-refractivity contribution in [2.45, 2.75) is 30.0 Å². The molecule has 1 aromatic carbocycles. The van der Waals surface area contributed by atoms with E-state index in [4.69, 9.17) is 5.73 Å². The summed E-state index contributed by atoms with van der Waals surface area (Å²) in [5, 5.41) is -2.74. The minimum atomic E-state index is -2.74. The first-order valence-electron chi connectivity index (χ1n) is 4.31. The van der Waals surface area contributed by atoms with Crippen molar-refractivity contribution in [1.82, 2.24) is 0 Å². The van der Waals surface area contributed by atoms with Crippen molar-refractivity contribution in [2.24, 2.45) is 5.73 Å². The second kappa shape index (κ2) is 4.28. The Labute approximate surface area is 86.7 Å². The quantitative estimate of drug-likeness (QED) is 0.785. The van der Waals surface area contributed by atoms with E-state index in [-0.39, 0.29) is 6.04 Å². The molecule has 0 saturated heterocycles. The molecule has 0 aromatic heterocycles. The molecule has 4 heteroatoms. The van der Waals surface area contributed by atoms with Gasteiger partial charge in [0.2, 0.25) is 0 Å². The average molecular weight is 217 g/mol. The standard InChI is InChI=1S/C10H13F2NS/c1-7(13)8-4-3-5-9(6-8)14-10(2,11)12/h3-7H,13H2,1-2H3. The van der Waals surface area contributed by atoms with Crippen molar-refractivity contribution in [1.29, 1.82) is 0 Å². The van der Waals surface area contributed by atoms with E-state index in [1.807, 2.05) is 13.0 Å². The van der Waals surface area contributed by atoms with E-state index in [1.165, 1.54) is 0 Å². The molecule has 0 heterocycles. The van der Waals surface area contributed by atoms with E-state index in [1.54, 1.807) is 18.2 Å². The molecule has 1 nitrogen and oxygen atoms in total. The predicted octanol–water partition coefficient (Wildman–Crippen LogP) is 3.41. The van der Waals surface area contributed by atoms with Crippen molar-refractivity contribution in [3.8, 4) is 0 Å². The van der Waals surface area contributed by atoms with E-state index >= 15 is 0 Å². The topological polar surface area (TPSA) is 26.0 Å². The second-order valence-electron chi connectivity index (χ2n) is 3.27. The monoisotopic (exact) mass is 217 g/mol. The van der Waals surface area contributed by atoms with Crippen LogP contribution >= 0.6 is 11.8 Å². The zero-order chi connectivity index (χ0) is 10.8. The van der Waals surface area contributed by atoms with Crippen LogP contribution in [-0.2, 0) is 0 Å². The summed E-state index contributed by atoms with van der Waals surface area (Å²) in [6.45, 7) is 2.71. The van der Waals surface area contributed by atoms with E-state index < -0.39 is 5.25 Å². The van der Waals surface area contributed by atoms with Gasteiger partial charge in [-0.2, -0.15) is 8.78 Å². The van der Waals surface area contributed by atoms with Crippen molar-refractivity contribution >= 4 is 11.8 Å². The molecule has 0 bridgehead atoms. The van der Waals surface area contributed by atoms with Crippen LogP contribution in [0.1, 0.15) is 25.5 Å². The highest BCUT2D eigenvalue weighted by Crippen LogP contribution is 2.35. The largest absolute Gasteiger partial charge is 0.324 e. The third-order valence-electron chi connectivity index (χ3n) is 1.68. The first kappa shape index (κ1) is 11.5. The first-order valence-corrected chi connectivity index (χ1v) is 5.12. The maximum absolute atomic E-state index is 12.7. The smallest absolute Gasteiger partial charge is 0.295 e. The van der Waals surface area contributed by atoms with Crippen LogP contribution in [0.4, 0.5) is 8.78 Å². The Morgan fingerprint density at radius 2 is 2.07 bits per heavy atom. The van der Waals surface area contributed by atoms with Crippen LogP contribution in [0, 0.1) is 0 Å². The number of nitrogens with two attached hydrogens (primary N) is 1. The van der Waals surface area contributed by atoms with Crippen LogP contribution in [0.3, 0.4) is 0 Å². The zero-order valence-electron chi connectivity index (χ0n) is 8.13. The van der Waals surface area contributed by atoms with Gasteiger partial charge in [0.15, 0.2) is 0 Å². The average Bonchev–Trinajstić information content (AvgIpc) is 2.01. The first-order chi connectivity index (χ1) is 6.38. The second-order valence-corrected chi connectivity index (χ2v) is 4.66. The molecule has 0 aliphatic carbocycles. The zero-order valence-corrected chi connectivity index (χ0v) is 8.94. The molecular formula is C10H13F2NS. The Balaban J connectivity index is 2.84. The molecule has 0 saturated carbocycles. The number of rotatable bonds is 3. The number of benzene rings is 1. The third-order valence-corrected chi connectivity index (χ3v) is 2.53. The summed E-state index contributed by atoms with van der Waals surface area (Å²) in [6.07, 6.45) is 0. The molecule has 0 amide bonds. The van der Waals surface area contributed by atoms with Crippen LogP contribution in [0.5, 0.6) is 0 Å². The third kappa shape index (κ3) is 3.64. The number of hydrogen-bond donors (Lipinski definition) is 1. The molecule has 78 valence electrons. The molecule has 0 spiro atoms. The molecule has 0 fully saturated rings. The Morgan fingerprint density at radius 3 is 2.57 bits per heavy atom. The van der Waals surface area contributed by atoms with Crippen LogP contribution in [0.15, 0.2) is 29.2 Å². The molecule has 0 aliphatic heterocycles. The molecule has 1 rings (SSSR count). The highest BCUT2D eigenvalue weighted by atomic mass is 32.2. The van der Waals surface area contributed by atoms with Gasteiger partial charge in [-0.05, 0) is 24.6 Å². The maximum atomic E-state index is 12.7. The summed E-state index contributed by atoms with van der Waals surface area (Å²) in [6, 6.07) is 6.82. The Kier molecular flexibility index (Phi) is 3.50. The molecule has 1 atom stereocenters. The summed E-state index contributed by atoms with van der Waals surface area (Å²) in [7, 11) is 0. The Hall–Kier alpha value is -0.610. The van der Waals surface area contributed by atoms with Gasteiger partial charge in [-0.3, -0.25) is 0 Å². The maximum Gasteiger partial charge on any atom is 0.295 e. The lowest BCUT2D eigenvalue weighted by atomic mass is 10.1. The van der Waals surface area contributed by atoms with Crippen molar-refractivity contribution in [2.75, 3.05) is 0 Å². The van der Waals surface area contributed by atoms with Gasteiger partial charge in [-0.15, -0.1) is 0 Å². The van der Waals surface area contributed by atoms with Gasteiger partial charge >= 0.3 is 0 Å². The van der Waals surface area contributed by atoms with Crippen molar-refractivity contribution < 1.29 is 8.78 Å². The molecular weight excluding hydrogens is 204 g/mol. The minimum absolute atomic E-state index is 0.124. The van der Waals surface area contributed by atoms with Gasteiger partial charge in [0.25, 0.3) is 5.25 Å². The highest BCUT2D eigenvalue weighted by Gasteiger charge is 2.22. The van der Waals surface area contributed by atoms with E-state index in [0.29, 0.717) is 16.7 Å². The number of halogens is 2.